The van der Waals surface area contributed by atoms with Gasteiger partial charge in [0.2, 0.25) is 5.89 Å². The SMILES string of the molecule is CCCCn1c(=O)nc2oc3cc(OC)c(Cl)cc3cc-2c1=O. The summed E-state index contributed by atoms with van der Waals surface area (Å²) in [5, 5.41) is 1.05. The van der Waals surface area contributed by atoms with E-state index in [1.807, 2.05) is 6.92 Å². The molecule has 3 rings (SSSR count). The molecule has 2 aliphatic heterocycles. The number of halogens is 1. The molecule has 0 radical (unpaired) electrons. The molecule has 0 spiro atoms. The summed E-state index contributed by atoms with van der Waals surface area (Å²) < 4.78 is 11.9. The van der Waals surface area contributed by atoms with E-state index >= 15 is 0 Å². The number of fused-ring (bicyclic) bond motifs is 2. The van der Waals surface area contributed by atoms with Crippen molar-refractivity contribution >= 4 is 22.6 Å². The Labute approximate surface area is 136 Å². The van der Waals surface area contributed by atoms with Gasteiger partial charge in [0.15, 0.2) is 0 Å². The van der Waals surface area contributed by atoms with E-state index in [1.165, 1.54) is 7.11 Å². The molecule has 0 saturated carbocycles. The van der Waals surface area contributed by atoms with E-state index in [0.29, 0.717) is 28.3 Å². The number of unbranched alkanes of at least 4 members (excludes halogenated alkanes) is 1. The fourth-order valence-corrected chi connectivity index (χ4v) is 2.66. The second kappa shape index (κ2) is 6.04. The Morgan fingerprint density at radius 1 is 1.30 bits per heavy atom. The van der Waals surface area contributed by atoms with Crippen molar-refractivity contribution in [1.82, 2.24) is 9.55 Å². The first kappa shape index (κ1) is 15.6. The minimum absolute atomic E-state index is 0.0182. The molecule has 0 amide bonds. The van der Waals surface area contributed by atoms with Crippen molar-refractivity contribution in [1.29, 1.82) is 0 Å². The van der Waals surface area contributed by atoms with Crippen LogP contribution in [0.15, 0.2) is 32.2 Å². The summed E-state index contributed by atoms with van der Waals surface area (Å²) in [4.78, 5) is 28.4. The molecule has 0 atom stereocenters. The third-order valence-corrected chi connectivity index (χ3v) is 3.96. The first-order valence-corrected chi connectivity index (χ1v) is 7.65. The Kier molecular flexibility index (Phi) is 4.09. The molecule has 2 aliphatic rings. The van der Waals surface area contributed by atoms with Crippen molar-refractivity contribution in [3.05, 3.63) is 44.1 Å². The molecule has 0 fully saturated rings. The highest BCUT2D eigenvalue weighted by atomic mass is 35.5. The molecule has 2 heterocycles. The molecular formula is C16H15ClN2O4. The lowest BCUT2D eigenvalue weighted by Gasteiger charge is -2.10. The smallest absolute Gasteiger partial charge is 0.353 e. The normalized spacial score (nSPS) is 11.3. The van der Waals surface area contributed by atoms with Crippen LogP contribution in [0.3, 0.4) is 0 Å². The Balaban J connectivity index is 2.30. The van der Waals surface area contributed by atoms with Gasteiger partial charge in [-0.2, -0.15) is 4.98 Å². The second-order valence-electron chi connectivity index (χ2n) is 5.19. The van der Waals surface area contributed by atoms with Crippen LogP contribution in [0.1, 0.15) is 19.8 Å². The lowest BCUT2D eigenvalue weighted by Crippen LogP contribution is -2.36. The Bertz CT molecular complexity index is 961. The highest BCUT2D eigenvalue weighted by Crippen LogP contribution is 2.32. The fraction of sp³-hybridized carbons (Fsp3) is 0.312. The molecule has 7 heteroatoms. The summed E-state index contributed by atoms with van der Waals surface area (Å²) in [6.45, 7) is 2.33. The maximum atomic E-state index is 12.5. The minimum Gasteiger partial charge on any atom is -0.495 e. The van der Waals surface area contributed by atoms with E-state index < -0.39 is 11.2 Å². The van der Waals surface area contributed by atoms with Gasteiger partial charge < -0.3 is 9.15 Å². The average Bonchev–Trinajstić information content (AvgIpc) is 2.53. The summed E-state index contributed by atoms with van der Waals surface area (Å²) in [5.74, 6) is 0.463. The largest absolute Gasteiger partial charge is 0.495 e. The molecular weight excluding hydrogens is 320 g/mol. The summed E-state index contributed by atoms with van der Waals surface area (Å²) >= 11 is 6.10. The zero-order valence-corrected chi connectivity index (χ0v) is 13.5. The number of ether oxygens (including phenoxy) is 1. The molecule has 0 unspecified atom stereocenters. The van der Waals surface area contributed by atoms with Gasteiger partial charge in [-0.3, -0.25) is 9.36 Å². The Morgan fingerprint density at radius 2 is 2.09 bits per heavy atom. The van der Waals surface area contributed by atoms with Gasteiger partial charge >= 0.3 is 5.69 Å². The van der Waals surface area contributed by atoms with Gasteiger partial charge in [-0.25, -0.2) is 4.79 Å². The Hall–Kier alpha value is -2.34. The van der Waals surface area contributed by atoms with Crippen LogP contribution < -0.4 is 16.0 Å². The van der Waals surface area contributed by atoms with Crippen LogP contribution in [0, 0.1) is 0 Å². The van der Waals surface area contributed by atoms with Crippen molar-refractivity contribution in [3.63, 3.8) is 0 Å². The van der Waals surface area contributed by atoms with Crippen LogP contribution in [0.4, 0.5) is 0 Å². The highest BCUT2D eigenvalue weighted by molar-refractivity contribution is 6.32. The molecule has 23 heavy (non-hydrogen) atoms. The van der Waals surface area contributed by atoms with Crippen LogP contribution in [0.2, 0.25) is 5.02 Å². The second-order valence-corrected chi connectivity index (χ2v) is 5.60. The maximum Gasteiger partial charge on any atom is 0.353 e. The molecule has 0 aliphatic carbocycles. The lowest BCUT2D eigenvalue weighted by molar-refractivity contribution is 0.414. The van der Waals surface area contributed by atoms with Crippen LogP contribution in [0.25, 0.3) is 22.4 Å². The zero-order chi connectivity index (χ0) is 16.6. The van der Waals surface area contributed by atoms with Crippen LogP contribution >= 0.6 is 11.6 Å². The quantitative estimate of drug-likeness (QED) is 0.686. The number of benzene rings is 1. The zero-order valence-electron chi connectivity index (χ0n) is 12.8. The molecule has 1 aromatic carbocycles. The third-order valence-electron chi connectivity index (χ3n) is 3.66. The third kappa shape index (κ3) is 2.70. The van der Waals surface area contributed by atoms with E-state index in [0.717, 1.165) is 17.4 Å². The van der Waals surface area contributed by atoms with E-state index in [9.17, 15) is 9.59 Å². The van der Waals surface area contributed by atoms with Crippen molar-refractivity contribution in [2.75, 3.05) is 7.11 Å². The first-order chi connectivity index (χ1) is 11.0. The summed E-state index contributed by atoms with van der Waals surface area (Å²) in [7, 11) is 1.49. The predicted molar refractivity (Wildman–Crippen MR) is 87.6 cm³/mol. The number of methoxy groups -OCH3 is 1. The molecule has 6 nitrogen and oxygen atoms in total. The van der Waals surface area contributed by atoms with Gasteiger partial charge in [-0.15, -0.1) is 0 Å². The minimum atomic E-state index is -0.597. The highest BCUT2D eigenvalue weighted by Gasteiger charge is 2.18. The summed E-state index contributed by atoms with van der Waals surface area (Å²) in [5.41, 5.74) is -0.295. The maximum absolute atomic E-state index is 12.5. The number of hydrogen-bond acceptors (Lipinski definition) is 5. The van der Waals surface area contributed by atoms with Crippen LogP contribution in [0.5, 0.6) is 5.75 Å². The van der Waals surface area contributed by atoms with E-state index in [-0.39, 0.29) is 11.5 Å². The molecule has 120 valence electrons. The van der Waals surface area contributed by atoms with Crippen molar-refractivity contribution in [3.8, 4) is 17.2 Å². The van der Waals surface area contributed by atoms with Crippen LogP contribution in [-0.2, 0) is 6.54 Å². The number of aromatic nitrogens is 2. The monoisotopic (exact) mass is 334 g/mol. The van der Waals surface area contributed by atoms with Gasteiger partial charge in [0.05, 0.1) is 12.1 Å². The standard InChI is InChI=1S/C16H15ClN2O4/c1-3-4-5-19-15(20)10-6-9-7-11(17)13(22-2)8-12(9)23-14(10)18-16(19)21/h6-8H,3-5H2,1-2H3. The van der Waals surface area contributed by atoms with E-state index in [2.05, 4.69) is 4.98 Å². The van der Waals surface area contributed by atoms with E-state index in [1.54, 1.807) is 18.2 Å². The van der Waals surface area contributed by atoms with Crippen LogP contribution in [-0.4, -0.2) is 16.7 Å². The number of hydrogen-bond donors (Lipinski definition) is 0. The Morgan fingerprint density at radius 3 is 2.78 bits per heavy atom. The van der Waals surface area contributed by atoms with Gasteiger partial charge in [-0.05, 0) is 18.6 Å². The van der Waals surface area contributed by atoms with Crippen molar-refractivity contribution in [2.24, 2.45) is 0 Å². The lowest BCUT2D eigenvalue weighted by atomic mass is 10.1. The number of nitrogens with zero attached hydrogens (tertiary/aromatic N) is 2. The first-order valence-electron chi connectivity index (χ1n) is 7.27. The van der Waals surface area contributed by atoms with Crippen molar-refractivity contribution in [2.45, 2.75) is 26.3 Å². The molecule has 0 N–H and O–H groups in total. The molecule has 0 bridgehead atoms. The summed E-state index contributed by atoms with van der Waals surface area (Å²) in [6.07, 6.45) is 1.61. The van der Waals surface area contributed by atoms with Gasteiger partial charge in [0.25, 0.3) is 5.56 Å². The fourth-order valence-electron chi connectivity index (χ4n) is 2.41. The number of rotatable bonds is 4. The molecule has 0 aromatic heterocycles. The average molecular weight is 335 g/mol. The molecule has 0 saturated heterocycles. The topological polar surface area (TPSA) is 74.3 Å². The molecule has 1 aromatic rings. The van der Waals surface area contributed by atoms with Gasteiger partial charge in [-0.1, -0.05) is 24.9 Å². The van der Waals surface area contributed by atoms with Gasteiger partial charge in [0.1, 0.15) is 16.9 Å². The predicted octanol–water partition coefficient (Wildman–Crippen LogP) is 2.92. The van der Waals surface area contributed by atoms with Crippen molar-refractivity contribution < 1.29 is 9.15 Å². The summed E-state index contributed by atoms with van der Waals surface area (Å²) in [6, 6.07) is 4.89. The van der Waals surface area contributed by atoms with Gasteiger partial charge in [0, 0.05) is 18.0 Å². The van der Waals surface area contributed by atoms with E-state index in [4.69, 9.17) is 20.8 Å².